The molecule has 1 amide bonds. The minimum absolute atomic E-state index is 0.0407. The lowest BCUT2D eigenvalue weighted by molar-refractivity contribution is -0.130. The van der Waals surface area contributed by atoms with Crippen molar-refractivity contribution in [1.82, 2.24) is 24.6 Å². The van der Waals surface area contributed by atoms with Crippen molar-refractivity contribution < 1.29 is 4.79 Å². The SMILES string of the molecule is Cc1nn(-c2ccccc2)c(C)c1CC(=O)N(C)C(C)Cc1cnccn1. The zero-order chi connectivity index (χ0) is 19.4. The maximum atomic E-state index is 12.8. The molecule has 0 saturated heterocycles. The summed E-state index contributed by atoms with van der Waals surface area (Å²) in [6.45, 7) is 6.00. The average Bonchev–Trinajstić information content (AvgIpc) is 2.97. The molecule has 0 aliphatic carbocycles. The Morgan fingerprint density at radius 1 is 1.19 bits per heavy atom. The van der Waals surface area contributed by atoms with Gasteiger partial charge in [0, 0.05) is 49.4 Å². The number of para-hydroxylation sites is 1. The maximum Gasteiger partial charge on any atom is 0.227 e. The van der Waals surface area contributed by atoms with E-state index in [4.69, 9.17) is 0 Å². The molecule has 2 heterocycles. The standard InChI is InChI=1S/C21H25N5O/c1-15(12-18-14-22-10-11-23-18)25(4)21(27)13-20-16(2)24-26(17(20)3)19-8-6-5-7-9-19/h5-11,14-15H,12-13H2,1-4H3. The van der Waals surface area contributed by atoms with Crippen molar-refractivity contribution >= 4 is 5.91 Å². The van der Waals surface area contributed by atoms with E-state index < -0.39 is 0 Å². The molecule has 0 saturated carbocycles. The van der Waals surface area contributed by atoms with Gasteiger partial charge in [-0.2, -0.15) is 5.10 Å². The Morgan fingerprint density at radius 3 is 2.59 bits per heavy atom. The summed E-state index contributed by atoms with van der Waals surface area (Å²) in [5.41, 5.74) is 4.76. The fraction of sp³-hybridized carbons (Fsp3) is 0.333. The summed E-state index contributed by atoms with van der Waals surface area (Å²) in [7, 11) is 1.84. The molecule has 3 rings (SSSR count). The first-order chi connectivity index (χ1) is 13.0. The van der Waals surface area contributed by atoms with Gasteiger partial charge in [0.2, 0.25) is 5.91 Å². The first-order valence-corrected chi connectivity index (χ1v) is 9.08. The molecule has 2 aromatic heterocycles. The van der Waals surface area contributed by atoms with Gasteiger partial charge in [0.05, 0.1) is 23.5 Å². The molecule has 140 valence electrons. The quantitative estimate of drug-likeness (QED) is 0.675. The molecule has 1 atom stereocenters. The minimum atomic E-state index is 0.0407. The molecule has 0 aliphatic rings. The van der Waals surface area contributed by atoms with Crippen molar-refractivity contribution in [2.45, 2.75) is 39.7 Å². The number of nitrogens with zero attached hydrogens (tertiary/aromatic N) is 5. The Bertz CT molecular complexity index is 905. The second-order valence-electron chi connectivity index (χ2n) is 6.83. The molecule has 6 heteroatoms. The lowest BCUT2D eigenvalue weighted by Crippen LogP contribution is -2.37. The highest BCUT2D eigenvalue weighted by Gasteiger charge is 2.21. The first-order valence-electron chi connectivity index (χ1n) is 9.08. The Kier molecular flexibility index (Phi) is 5.64. The van der Waals surface area contributed by atoms with Crippen LogP contribution in [0.2, 0.25) is 0 Å². The molecule has 0 aliphatic heterocycles. The van der Waals surface area contributed by atoms with E-state index in [1.54, 1.807) is 23.5 Å². The van der Waals surface area contributed by atoms with Gasteiger partial charge in [0.1, 0.15) is 0 Å². The van der Waals surface area contributed by atoms with Crippen LogP contribution in [0.5, 0.6) is 0 Å². The fourth-order valence-electron chi connectivity index (χ4n) is 3.15. The molecule has 0 spiro atoms. The molecule has 0 bridgehead atoms. The number of hydrogen-bond acceptors (Lipinski definition) is 4. The number of likely N-dealkylation sites (N-methyl/N-ethyl adjacent to an activating group) is 1. The second-order valence-corrected chi connectivity index (χ2v) is 6.83. The van der Waals surface area contributed by atoms with Crippen LogP contribution in [0.4, 0.5) is 0 Å². The molecule has 0 radical (unpaired) electrons. The molecule has 1 unspecified atom stereocenters. The van der Waals surface area contributed by atoms with Crippen molar-refractivity contribution in [2.75, 3.05) is 7.05 Å². The van der Waals surface area contributed by atoms with E-state index in [2.05, 4.69) is 15.1 Å². The van der Waals surface area contributed by atoms with Crippen LogP contribution in [-0.2, 0) is 17.6 Å². The highest BCUT2D eigenvalue weighted by molar-refractivity contribution is 5.79. The first kappa shape index (κ1) is 18.8. The van der Waals surface area contributed by atoms with Gasteiger partial charge in [-0.1, -0.05) is 18.2 Å². The molecular formula is C21H25N5O. The maximum absolute atomic E-state index is 12.8. The highest BCUT2D eigenvalue weighted by atomic mass is 16.2. The number of carbonyl (C=O) groups is 1. The zero-order valence-corrected chi connectivity index (χ0v) is 16.3. The largest absolute Gasteiger partial charge is 0.342 e. The molecule has 6 nitrogen and oxygen atoms in total. The van der Waals surface area contributed by atoms with Crippen molar-refractivity contribution in [3.05, 3.63) is 71.6 Å². The lowest BCUT2D eigenvalue weighted by atomic mass is 10.1. The smallest absolute Gasteiger partial charge is 0.227 e. The van der Waals surface area contributed by atoms with Crippen LogP contribution >= 0.6 is 0 Å². The molecule has 0 N–H and O–H groups in total. The van der Waals surface area contributed by atoms with E-state index in [9.17, 15) is 4.79 Å². The van der Waals surface area contributed by atoms with Crippen molar-refractivity contribution in [3.8, 4) is 5.69 Å². The van der Waals surface area contributed by atoms with Crippen molar-refractivity contribution in [2.24, 2.45) is 0 Å². The third kappa shape index (κ3) is 4.22. The summed E-state index contributed by atoms with van der Waals surface area (Å²) in [5, 5.41) is 4.63. The predicted molar refractivity (Wildman–Crippen MR) is 105 cm³/mol. The Morgan fingerprint density at radius 2 is 1.93 bits per heavy atom. The number of aromatic nitrogens is 4. The number of carbonyl (C=O) groups excluding carboxylic acids is 1. The average molecular weight is 363 g/mol. The summed E-state index contributed by atoms with van der Waals surface area (Å²) in [6, 6.07) is 10.0. The molecule has 3 aromatic rings. The van der Waals surface area contributed by atoms with Gasteiger partial charge in [0.25, 0.3) is 0 Å². The van der Waals surface area contributed by atoms with E-state index in [0.29, 0.717) is 12.8 Å². The van der Waals surface area contributed by atoms with Gasteiger partial charge in [0.15, 0.2) is 0 Å². The van der Waals surface area contributed by atoms with Gasteiger partial charge in [-0.3, -0.25) is 14.8 Å². The fourth-order valence-corrected chi connectivity index (χ4v) is 3.15. The number of rotatable bonds is 6. The summed E-state index contributed by atoms with van der Waals surface area (Å²) < 4.78 is 1.90. The third-order valence-electron chi connectivity index (χ3n) is 4.95. The van der Waals surface area contributed by atoms with Crippen LogP contribution in [0.25, 0.3) is 5.69 Å². The zero-order valence-electron chi connectivity index (χ0n) is 16.3. The molecule has 0 fully saturated rings. The molecule has 1 aromatic carbocycles. The number of amides is 1. The Hall–Kier alpha value is -3.02. The lowest BCUT2D eigenvalue weighted by Gasteiger charge is -2.25. The highest BCUT2D eigenvalue weighted by Crippen LogP contribution is 2.19. The van der Waals surface area contributed by atoms with Crippen LogP contribution in [-0.4, -0.2) is 43.6 Å². The van der Waals surface area contributed by atoms with Crippen molar-refractivity contribution in [3.63, 3.8) is 0 Å². The van der Waals surface area contributed by atoms with Crippen LogP contribution in [0.3, 0.4) is 0 Å². The summed E-state index contributed by atoms with van der Waals surface area (Å²) in [6.07, 6.45) is 6.09. The molecule has 27 heavy (non-hydrogen) atoms. The van der Waals surface area contributed by atoms with Gasteiger partial charge < -0.3 is 4.90 Å². The van der Waals surface area contributed by atoms with E-state index in [0.717, 1.165) is 28.3 Å². The van der Waals surface area contributed by atoms with Crippen LogP contribution in [0.1, 0.15) is 29.6 Å². The van der Waals surface area contributed by atoms with E-state index in [1.807, 2.05) is 62.8 Å². The second kappa shape index (κ2) is 8.12. The van der Waals surface area contributed by atoms with Gasteiger partial charge in [-0.25, -0.2) is 4.68 Å². The monoisotopic (exact) mass is 363 g/mol. The van der Waals surface area contributed by atoms with Crippen LogP contribution < -0.4 is 0 Å². The van der Waals surface area contributed by atoms with E-state index in [1.165, 1.54) is 0 Å². The van der Waals surface area contributed by atoms with E-state index in [-0.39, 0.29) is 11.9 Å². The number of hydrogen-bond donors (Lipinski definition) is 0. The van der Waals surface area contributed by atoms with E-state index >= 15 is 0 Å². The topological polar surface area (TPSA) is 63.9 Å². The van der Waals surface area contributed by atoms with Crippen LogP contribution in [0.15, 0.2) is 48.9 Å². The Balaban J connectivity index is 1.73. The van der Waals surface area contributed by atoms with Crippen LogP contribution in [0, 0.1) is 13.8 Å². The third-order valence-corrected chi connectivity index (χ3v) is 4.95. The summed E-state index contributed by atoms with van der Waals surface area (Å²) in [4.78, 5) is 23.0. The summed E-state index contributed by atoms with van der Waals surface area (Å²) >= 11 is 0. The van der Waals surface area contributed by atoms with Gasteiger partial charge in [-0.05, 0) is 32.9 Å². The Labute approximate surface area is 159 Å². The minimum Gasteiger partial charge on any atom is -0.342 e. The van der Waals surface area contributed by atoms with Crippen molar-refractivity contribution in [1.29, 1.82) is 0 Å². The molecular weight excluding hydrogens is 338 g/mol. The van der Waals surface area contributed by atoms with Gasteiger partial charge >= 0.3 is 0 Å². The number of aryl methyl sites for hydroxylation is 1. The van der Waals surface area contributed by atoms with Gasteiger partial charge in [-0.15, -0.1) is 0 Å². The normalized spacial score (nSPS) is 12.0. The predicted octanol–water partition coefficient (Wildman–Crippen LogP) is 2.91. The number of benzene rings is 1. The summed E-state index contributed by atoms with van der Waals surface area (Å²) in [5.74, 6) is 0.0743.